The van der Waals surface area contributed by atoms with Crippen LogP contribution in [0, 0.1) is 0 Å². The minimum atomic E-state index is -0.995. The van der Waals surface area contributed by atoms with E-state index in [9.17, 15) is 19.8 Å². The quantitative estimate of drug-likeness (QED) is 0.657. The molecule has 128 valence electrons. The van der Waals surface area contributed by atoms with E-state index in [1.54, 1.807) is 0 Å². The number of piperidine rings is 1. The van der Waals surface area contributed by atoms with Crippen LogP contribution in [0.4, 0.5) is 0 Å². The van der Waals surface area contributed by atoms with Gasteiger partial charge in [0.1, 0.15) is 18.4 Å². The van der Waals surface area contributed by atoms with Gasteiger partial charge in [0.2, 0.25) is 0 Å². The SMILES string of the molecule is O=c1ccn([C@H]2C[C@H](N3CCCCC3)[C@@H]([C@H](O)CO)O2)c(=O)[nH]1. The van der Waals surface area contributed by atoms with E-state index in [0.29, 0.717) is 6.42 Å². The Hall–Kier alpha value is -1.48. The summed E-state index contributed by atoms with van der Waals surface area (Å²) in [5.41, 5.74) is -0.984. The van der Waals surface area contributed by atoms with Crippen molar-refractivity contribution < 1.29 is 14.9 Å². The first-order chi connectivity index (χ1) is 11.1. The van der Waals surface area contributed by atoms with Gasteiger partial charge in [0.05, 0.1) is 6.61 Å². The van der Waals surface area contributed by atoms with E-state index in [2.05, 4.69) is 9.88 Å². The van der Waals surface area contributed by atoms with Crippen LogP contribution in [0.2, 0.25) is 0 Å². The highest BCUT2D eigenvalue weighted by Gasteiger charge is 2.43. The zero-order valence-electron chi connectivity index (χ0n) is 12.9. The lowest BCUT2D eigenvalue weighted by Gasteiger charge is -2.35. The molecule has 23 heavy (non-hydrogen) atoms. The second-order valence-corrected chi connectivity index (χ2v) is 6.22. The van der Waals surface area contributed by atoms with Gasteiger partial charge in [0.15, 0.2) is 0 Å². The van der Waals surface area contributed by atoms with E-state index in [4.69, 9.17) is 4.74 Å². The fraction of sp³-hybridized carbons (Fsp3) is 0.733. The van der Waals surface area contributed by atoms with Crippen LogP contribution in [-0.4, -0.2) is 62.6 Å². The van der Waals surface area contributed by atoms with Gasteiger partial charge >= 0.3 is 5.69 Å². The lowest BCUT2D eigenvalue weighted by Crippen LogP contribution is -2.48. The van der Waals surface area contributed by atoms with Gasteiger partial charge in [-0.15, -0.1) is 0 Å². The van der Waals surface area contributed by atoms with Crippen molar-refractivity contribution in [2.75, 3.05) is 19.7 Å². The van der Waals surface area contributed by atoms with Crippen LogP contribution < -0.4 is 11.2 Å². The molecule has 8 nitrogen and oxygen atoms in total. The first-order valence-corrected chi connectivity index (χ1v) is 8.10. The number of rotatable bonds is 4. The molecular weight excluding hydrogens is 302 g/mol. The number of aliphatic hydroxyl groups excluding tert-OH is 2. The predicted molar refractivity (Wildman–Crippen MR) is 82.2 cm³/mol. The lowest BCUT2D eigenvalue weighted by atomic mass is 10.00. The van der Waals surface area contributed by atoms with Gasteiger partial charge < -0.3 is 14.9 Å². The molecule has 2 aliphatic rings. The maximum atomic E-state index is 12.0. The zero-order chi connectivity index (χ0) is 16.4. The second kappa shape index (κ2) is 6.96. The smallest absolute Gasteiger partial charge is 0.330 e. The van der Waals surface area contributed by atoms with E-state index >= 15 is 0 Å². The number of likely N-dealkylation sites (tertiary alicyclic amines) is 1. The maximum Gasteiger partial charge on any atom is 0.330 e. The summed E-state index contributed by atoms with van der Waals surface area (Å²) in [4.78, 5) is 27.6. The number of aliphatic hydroxyl groups is 2. The number of ether oxygens (including phenoxy) is 1. The number of nitrogens with zero attached hydrogens (tertiary/aromatic N) is 2. The van der Waals surface area contributed by atoms with Crippen LogP contribution in [0.25, 0.3) is 0 Å². The molecule has 0 radical (unpaired) electrons. The molecule has 2 saturated heterocycles. The molecule has 4 atom stereocenters. The third-order valence-electron chi connectivity index (χ3n) is 4.72. The third kappa shape index (κ3) is 3.40. The molecule has 0 saturated carbocycles. The largest absolute Gasteiger partial charge is 0.394 e. The van der Waals surface area contributed by atoms with Gasteiger partial charge in [-0.3, -0.25) is 19.2 Å². The van der Waals surface area contributed by atoms with Crippen molar-refractivity contribution in [1.29, 1.82) is 0 Å². The highest BCUT2D eigenvalue weighted by Crippen LogP contribution is 2.34. The predicted octanol–water partition coefficient (Wildman–Crippen LogP) is -0.968. The summed E-state index contributed by atoms with van der Waals surface area (Å²) in [6, 6.07) is 1.22. The summed E-state index contributed by atoms with van der Waals surface area (Å²) in [6.45, 7) is 1.47. The Balaban J connectivity index is 1.84. The normalized spacial score (nSPS) is 30.4. The van der Waals surface area contributed by atoms with Crippen LogP contribution in [0.3, 0.4) is 0 Å². The van der Waals surface area contributed by atoms with Gasteiger partial charge in [-0.25, -0.2) is 4.79 Å². The van der Waals surface area contributed by atoms with Crippen molar-refractivity contribution in [3.8, 4) is 0 Å². The molecule has 1 aromatic heterocycles. The Kier molecular flexibility index (Phi) is 4.96. The summed E-state index contributed by atoms with van der Waals surface area (Å²) < 4.78 is 7.21. The summed E-state index contributed by atoms with van der Waals surface area (Å²) >= 11 is 0. The first-order valence-electron chi connectivity index (χ1n) is 8.10. The molecule has 3 rings (SSSR count). The summed E-state index contributed by atoms with van der Waals surface area (Å²) in [5.74, 6) is 0. The third-order valence-corrected chi connectivity index (χ3v) is 4.72. The summed E-state index contributed by atoms with van der Waals surface area (Å²) in [5, 5.41) is 19.4. The standard InChI is InChI=1S/C15H23N3O5/c19-9-11(20)14-10(17-5-2-1-3-6-17)8-13(23-14)18-7-4-12(21)16-15(18)22/h4,7,10-11,13-14,19-20H,1-3,5-6,8-9H2,(H,16,21,22)/t10-,11+,13+,14-/m0/s1. The zero-order valence-corrected chi connectivity index (χ0v) is 12.9. The van der Waals surface area contributed by atoms with Crippen LogP contribution in [0.1, 0.15) is 31.9 Å². The number of aromatic nitrogens is 2. The van der Waals surface area contributed by atoms with Gasteiger partial charge in [-0.2, -0.15) is 0 Å². The lowest BCUT2D eigenvalue weighted by molar-refractivity contribution is -0.0906. The van der Waals surface area contributed by atoms with Crippen molar-refractivity contribution in [3.05, 3.63) is 33.1 Å². The average Bonchev–Trinajstić information content (AvgIpc) is 3.00. The maximum absolute atomic E-state index is 12.0. The number of nitrogens with one attached hydrogen (secondary N) is 1. The van der Waals surface area contributed by atoms with Crippen LogP contribution in [-0.2, 0) is 4.74 Å². The van der Waals surface area contributed by atoms with E-state index in [1.807, 2.05) is 0 Å². The van der Waals surface area contributed by atoms with Gasteiger partial charge in [0, 0.05) is 24.7 Å². The molecular formula is C15H23N3O5. The molecule has 0 spiro atoms. The van der Waals surface area contributed by atoms with E-state index < -0.39 is 29.7 Å². The summed E-state index contributed by atoms with van der Waals surface area (Å²) in [7, 11) is 0. The molecule has 3 heterocycles. The van der Waals surface area contributed by atoms with Crippen molar-refractivity contribution in [2.24, 2.45) is 0 Å². The topological polar surface area (TPSA) is 108 Å². The average molecular weight is 325 g/mol. The number of hydrogen-bond acceptors (Lipinski definition) is 6. The Morgan fingerprint density at radius 1 is 1.30 bits per heavy atom. The van der Waals surface area contributed by atoms with Crippen LogP contribution in [0.5, 0.6) is 0 Å². The van der Waals surface area contributed by atoms with Crippen molar-refractivity contribution in [2.45, 2.75) is 50.2 Å². The molecule has 0 aliphatic carbocycles. The van der Waals surface area contributed by atoms with Crippen LogP contribution >= 0.6 is 0 Å². The molecule has 1 aromatic rings. The monoisotopic (exact) mass is 325 g/mol. The van der Waals surface area contributed by atoms with Gasteiger partial charge in [-0.1, -0.05) is 6.42 Å². The van der Waals surface area contributed by atoms with E-state index in [0.717, 1.165) is 25.9 Å². The minimum Gasteiger partial charge on any atom is -0.394 e. The molecule has 0 amide bonds. The Morgan fingerprint density at radius 3 is 2.70 bits per heavy atom. The van der Waals surface area contributed by atoms with Crippen LogP contribution in [0.15, 0.2) is 21.9 Å². The Morgan fingerprint density at radius 2 is 2.04 bits per heavy atom. The van der Waals surface area contributed by atoms with Crippen molar-refractivity contribution >= 4 is 0 Å². The minimum absolute atomic E-state index is 0.0544. The van der Waals surface area contributed by atoms with Crippen molar-refractivity contribution in [3.63, 3.8) is 0 Å². The van der Waals surface area contributed by atoms with Gasteiger partial charge in [-0.05, 0) is 25.9 Å². The number of aromatic amines is 1. The molecule has 3 N–H and O–H groups in total. The molecule has 0 aromatic carbocycles. The molecule has 0 unspecified atom stereocenters. The van der Waals surface area contributed by atoms with Gasteiger partial charge in [0.25, 0.3) is 5.56 Å². The Labute approximate surface area is 133 Å². The Bertz CT molecular complexity index is 636. The number of hydrogen-bond donors (Lipinski definition) is 3. The highest BCUT2D eigenvalue weighted by atomic mass is 16.5. The molecule has 0 bridgehead atoms. The molecule has 2 fully saturated rings. The first kappa shape index (κ1) is 16.4. The van der Waals surface area contributed by atoms with E-state index in [1.165, 1.54) is 23.3 Å². The number of H-pyrrole nitrogens is 1. The molecule has 2 aliphatic heterocycles. The molecule has 8 heteroatoms. The van der Waals surface area contributed by atoms with E-state index in [-0.39, 0.29) is 12.6 Å². The second-order valence-electron chi connectivity index (χ2n) is 6.22. The highest BCUT2D eigenvalue weighted by molar-refractivity contribution is 4.95. The fourth-order valence-corrected chi connectivity index (χ4v) is 3.56. The fourth-order valence-electron chi connectivity index (χ4n) is 3.56. The van der Waals surface area contributed by atoms with Crippen molar-refractivity contribution in [1.82, 2.24) is 14.5 Å². The summed E-state index contributed by atoms with van der Waals surface area (Å²) in [6.07, 6.45) is 3.23.